The van der Waals surface area contributed by atoms with Crippen LogP contribution in [0.1, 0.15) is 25.3 Å². The van der Waals surface area contributed by atoms with E-state index in [1.165, 1.54) is 9.13 Å². The average molecular weight is 388 g/mol. The van der Waals surface area contributed by atoms with E-state index in [-0.39, 0.29) is 0 Å². The lowest BCUT2D eigenvalue weighted by atomic mass is 10.0. The summed E-state index contributed by atoms with van der Waals surface area (Å²) in [5.74, 6) is 0.861. The summed E-state index contributed by atoms with van der Waals surface area (Å²) in [4.78, 5) is 0. The van der Waals surface area contributed by atoms with Crippen LogP contribution in [0.2, 0.25) is 0 Å². The van der Waals surface area contributed by atoms with Crippen LogP contribution >= 0.6 is 45.2 Å². The van der Waals surface area contributed by atoms with Gasteiger partial charge in [-0.1, -0.05) is 13.8 Å². The summed E-state index contributed by atoms with van der Waals surface area (Å²) in [6, 6.07) is 3.86. The summed E-state index contributed by atoms with van der Waals surface area (Å²) >= 11 is 4.44. The van der Waals surface area contributed by atoms with Crippen LogP contribution in [0.25, 0.3) is 0 Å². The van der Waals surface area contributed by atoms with E-state index in [2.05, 4.69) is 59.0 Å². The Balaban J connectivity index is 3.23. The molecule has 0 fully saturated rings. The fourth-order valence-corrected chi connectivity index (χ4v) is 3.15. The van der Waals surface area contributed by atoms with Crippen molar-refractivity contribution < 1.29 is 5.11 Å². The minimum atomic E-state index is 0.389. The normalized spacial score (nSPS) is 10.8. The van der Waals surface area contributed by atoms with Crippen molar-refractivity contribution in [2.24, 2.45) is 0 Å². The second-order valence-electron chi connectivity index (χ2n) is 2.98. The molecule has 1 rings (SSSR count). The highest BCUT2D eigenvalue weighted by Gasteiger charge is 2.08. The summed E-state index contributed by atoms with van der Waals surface area (Å²) in [5.41, 5.74) is 1.22. The molecule has 0 aromatic heterocycles. The summed E-state index contributed by atoms with van der Waals surface area (Å²) in [6.45, 7) is 4.26. The molecule has 0 unspecified atom stereocenters. The van der Waals surface area contributed by atoms with Crippen LogP contribution in [-0.4, -0.2) is 5.11 Å². The van der Waals surface area contributed by atoms with Crippen molar-refractivity contribution in [1.29, 1.82) is 0 Å². The van der Waals surface area contributed by atoms with Crippen LogP contribution in [0, 0.1) is 7.14 Å². The first kappa shape index (κ1) is 10.6. The van der Waals surface area contributed by atoms with Gasteiger partial charge in [-0.2, -0.15) is 0 Å². The van der Waals surface area contributed by atoms with Crippen LogP contribution in [0.5, 0.6) is 5.75 Å². The molecule has 3 heteroatoms. The monoisotopic (exact) mass is 388 g/mol. The maximum absolute atomic E-state index is 9.46. The zero-order chi connectivity index (χ0) is 9.30. The first-order valence-electron chi connectivity index (χ1n) is 3.70. The summed E-state index contributed by atoms with van der Waals surface area (Å²) in [7, 11) is 0. The first-order valence-corrected chi connectivity index (χ1v) is 5.86. The Morgan fingerprint density at radius 1 is 1.17 bits per heavy atom. The molecule has 0 aliphatic rings. The molecule has 0 atom stereocenters. The Kier molecular flexibility index (Phi) is 3.63. The zero-order valence-electron chi connectivity index (χ0n) is 6.94. The molecule has 1 aromatic carbocycles. The Hall–Kier alpha value is 0.480. The molecule has 0 radical (unpaired) electrons. The standard InChI is InChI=1S/C9H10I2O/c1-5(2)6-3-9(12)8(11)4-7(6)10/h3-5,12H,1-2H3. The smallest absolute Gasteiger partial charge is 0.129 e. The van der Waals surface area contributed by atoms with E-state index < -0.39 is 0 Å². The molecule has 1 nitrogen and oxygen atoms in total. The van der Waals surface area contributed by atoms with Crippen molar-refractivity contribution >= 4 is 45.2 Å². The number of phenols is 1. The van der Waals surface area contributed by atoms with E-state index in [1.54, 1.807) is 0 Å². The topological polar surface area (TPSA) is 20.2 Å². The van der Waals surface area contributed by atoms with Crippen molar-refractivity contribution in [1.82, 2.24) is 0 Å². The van der Waals surface area contributed by atoms with Gasteiger partial charge in [0.25, 0.3) is 0 Å². The van der Waals surface area contributed by atoms with Crippen molar-refractivity contribution in [2.75, 3.05) is 0 Å². The molecule has 0 aliphatic heterocycles. The largest absolute Gasteiger partial charge is 0.507 e. The maximum Gasteiger partial charge on any atom is 0.129 e. The lowest BCUT2D eigenvalue weighted by molar-refractivity contribution is 0.470. The average Bonchev–Trinajstić information content (AvgIpc) is 1.96. The minimum absolute atomic E-state index is 0.389. The molecule has 1 aromatic rings. The summed E-state index contributed by atoms with van der Waals surface area (Å²) in [5, 5.41) is 9.46. The van der Waals surface area contributed by atoms with Gasteiger partial charge in [0.1, 0.15) is 5.75 Å². The van der Waals surface area contributed by atoms with Gasteiger partial charge in [-0.25, -0.2) is 0 Å². The lowest BCUT2D eigenvalue weighted by Crippen LogP contribution is -1.92. The molecular weight excluding hydrogens is 378 g/mol. The maximum atomic E-state index is 9.46. The number of phenolic OH excluding ortho intramolecular Hbond substituents is 1. The lowest BCUT2D eigenvalue weighted by Gasteiger charge is -2.09. The Labute approximate surface area is 99.8 Å². The summed E-state index contributed by atoms with van der Waals surface area (Å²) < 4.78 is 2.14. The molecule has 0 spiro atoms. The van der Waals surface area contributed by atoms with E-state index in [9.17, 15) is 5.11 Å². The van der Waals surface area contributed by atoms with Crippen LogP contribution in [0.3, 0.4) is 0 Å². The molecule has 0 bridgehead atoms. The second-order valence-corrected chi connectivity index (χ2v) is 5.30. The fourth-order valence-electron chi connectivity index (χ4n) is 0.996. The predicted octanol–water partition coefficient (Wildman–Crippen LogP) is 3.72. The molecule has 0 heterocycles. The van der Waals surface area contributed by atoms with E-state index >= 15 is 0 Å². The number of halogens is 2. The van der Waals surface area contributed by atoms with Gasteiger partial charge < -0.3 is 5.11 Å². The molecule has 12 heavy (non-hydrogen) atoms. The molecular formula is C9H10I2O. The first-order chi connectivity index (χ1) is 5.52. The van der Waals surface area contributed by atoms with E-state index in [4.69, 9.17) is 0 Å². The van der Waals surface area contributed by atoms with Crippen LogP contribution in [-0.2, 0) is 0 Å². The van der Waals surface area contributed by atoms with Gasteiger partial charge in [0.05, 0.1) is 3.57 Å². The molecule has 0 aliphatic carbocycles. The van der Waals surface area contributed by atoms with Gasteiger partial charge in [-0.15, -0.1) is 0 Å². The van der Waals surface area contributed by atoms with Crippen LogP contribution < -0.4 is 0 Å². The van der Waals surface area contributed by atoms with Crippen molar-refractivity contribution in [3.63, 3.8) is 0 Å². The molecule has 1 N–H and O–H groups in total. The van der Waals surface area contributed by atoms with E-state index in [1.807, 2.05) is 12.1 Å². The van der Waals surface area contributed by atoms with E-state index in [0.29, 0.717) is 11.7 Å². The highest BCUT2D eigenvalue weighted by Crippen LogP contribution is 2.29. The number of rotatable bonds is 1. The highest BCUT2D eigenvalue weighted by atomic mass is 127. The minimum Gasteiger partial charge on any atom is -0.507 e. The van der Waals surface area contributed by atoms with Gasteiger partial charge in [0, 0.05) is 3.57 Å². The molecule has 0 saturated carbocycles. The summed E-state index contributed by atoms with van der Waals surface area (Å²) in [6.07, 6.45) is 0. The number of hydrogen-bond donors (Lipinski definition) is 1. The third-order valence-electron chi connectivity index (χ3n) is 1.69. The van der Waals surface area contributed by atoms with Gasteiger partial charge in [-0.05, 0) is 68.8 Å². The fraction of sp³-hybridized carbons (Fsp3) is 0.333. The number of aromatic hydroxyl groups is 1. The molecule has 0 amide bonds. The molecule has 66 valence electrons. The third kappa shape index (κ3) is 2.25. The Morgan fingerprint density at radius 3 is 2.25 bits per heavy atom. The number of hydrogen-bond acceptors (Lipinski definition) is 1. The van der Waals surface area contributed by atoms with Gasteiger partial charge in [0.2, 0.25) is 0 Å². The Morgan fingerprint density at radius 2 is 1.75 bits per heavy atom. The SMILES string of the molecule is CC(C)c1cc(O)c(I)cc1I. The second kappa shape index (κ2) is 4.13. The number of benzene rings is 1. The predicted molar refractivity (Wildman–Crippen MR) is 67.6 cm³/mol. The zero-order valence-corrected chi connectivity index (χ0v) is 11.3. The van der Waals surface area contributed by atoms with Crippen LogP contribution in [0.4, 0.5) is 0 Å². The van der Waals surface area contributed by atoms with Crippen LogP contribution in [0.15, 0.2) is 12.1 Å². The van der Waals surface area contributed by atoms with Gasteiger partial charge in [0.15, 0.2) is 0 Å². The van der Waals surface area contributed by atoms with Gasteiger partial charge >= 0.3 is 0 Å². The highest BCUT2D eigenvalue weighted by molar-refractivity contribution is 14.1. The quantitative estimate of drug-likeness (QED) is 0.728. The Bertz CT molecular complexity index is 295. The van der Waals surface area contributed by atoms with E-state index in [0.717, 1.165) is 3.57 Å². The van der Waals surface area contributed by atoms with Gasteiger partial charge in [-0.3, -0.25) is 0 Å². The van der Waals surface area contributed by atoms with Crippen molar-refractivity contribution in [3.8, 4) is 5.75 Å². The van der Waals surface area contributed by atoms with Crippen molar-refractivity contribution in [2.45, 2.75) is 19.8 Å². The third-order valence-corrected chi connectivity index (χ3v) is 3.49. The van der Waals surface area contributed by atoms with Crippen molar-refractivity contribution in [3.05, 3.63) is 24.8 Å². The molecule has 0 saturated heterocycles.